The van der Waals surface area contributed by atoms with E-state index in [0.717, 1.165) is 66.1 Å². The van der Waals surface area contributed by atoms with Crippen LogP contribution < -0.4 is 0 Å². The Bertz CT molecular complexity index is 2520. The fourth-order valence-corrected chi connectivity index (χ4v) is 7.04. The van der Waals surface area contributed by atoms with Crippen molar-refractivity contribution in [3.05, 3.63) is 164 Å². The van der Waals surface area contributed by atoms with Gasteiger partial charge >= 0.3 is 0 Å². The third-order valence-electron chi connectivity index (χ3n) is 9.17. The Hall–Kier alpha value is -6.12. The van der Waals surface area contributed by atoms with Crippen molar-refractivity contribution < 1.29 is 9.52 Å². The number of hydrogen-bond donors (Lipinski definition) is 1. The number of aromatic hydroxyl groups is 1. The van der Waals surface area contributed by atoms with Crippen molar-refractivity contribution in [1.82, 2.24) is 0 Å². The first-order valence-electron chi connectivity index (χ1n) is 15.6. The minimum Gasteiger partial charge on any atom is -0.507 e. The van der Waals surface area contributed by atoms with Gasteiger partial charge in [-0.1, -0.05) is 133 Å². The Morgan fingerprint density at radius 1 is 0.326 bits per heavy atom. The van der Waals surface area contributed by atoms with Crippen LogP contribution in [0, 0.1) is 0 Å². The summed E-state index contributed by atoms with van der Waals surface area (Å²) in [6.45, 7) is 0. The molecule has 0 unspecified atom stereocenters. The number of phenolic OH excluding ortho intramolecular Hbond substituents is 1. The SMILES string of the molecule is Oc1cc(-c2c3ccccc3c(-c3ccc4oc5cc(-c6ccccc6)ccc5c4c3)c3ccccc23)ccc1-c1ccccc1. The Morgan fingerprint density at radius 3 is 1.46 bits per heavy atom. The van der Waals surface area contributed by atoms with E-state index in [1.54, 1.807) is 0 Å². The summed E-state index contributed by atoms with van der Waals surface area (Å²) in [5.74, 6) is 0.272. The molecule has 216 valence electrons. The highest BCUT2D eigenvalue weighted by Gasteiger charge is 2.19. The van der Waals surface area contributed by atoms with Gasteiger partial charge in [0.05, 0.1) is 0 Å². The predicted octanol–water partition coefficient (Wildman–Crippen LogP) is 12.3. The van der Waals surface area contributed by atoms with Crippen LogP contribution in [-0.4, -0.2) is 5.11 Å². The second kappa shape index (κ2) is 10.5. The predicted molar refractivity (Wildman–Crippen MR) is 192 cm³/mol. The van der Waals surface area contributed by atoms with Gasteiger partial charge in [-0.25, -0.2) is 0 Å². The molecular weight excluding hydrogens is 560 g/mol. The summed E-state index contributed by atoms with van der Waals surface area (Å²) in [4.78, 5) is 0. The lowest BCUT2D eigenvalue weighted by Gasteiger charge is -2.18. The van der Waals surface area contributed by atoms with E-state index >= 15 is 0 Å². The van der Waals surface area contributed by atoms with Crippen LogP contribution in [0.25, 0.3) is 88.0 Å². The van der Waals surface area contributed by atoms with Crippen LogP contribution in [0.1, 0.15) is 0 Å². The molecule has 1 aromatic heterocycles. The average Bonchev–Trinajstić information content (AvgIpc) is 3.48. The van der Waals surface area contributed by atoms with Crippen molar-refractivity contribution in [3.63, 3.8) is 0 Å². The van der Waals surface area contributed by atoms with E-state index in [9.17, 15) is 5.11 Å². The van der Waals surface area contributed by atoms with Crippen LogP contribution in [0.4, 0.5) is 0 Å². The molecule has 0 saturated heterocycles. The minimum atomic E-state index is 0.272. The van der Waals surface area contributed by atoms with Crippen molar-refractivity contribution in [2.24, 2.45) is 0 Å². The van der Waals surface area contributed by atoms with Crippen LogP contribution in [0.15, 0.2) is 168 Å². The van der Waals surface area contributed by atoms with Gasteiger partial charge in [0.1, 0.15) is 16.9 Å². The lowest BCUT2D eigenvalue weighted by Crippen LogP contribution is -1.91. The first kappa shape index (κ1) is 26.3. The molecule has 46 heavy (non-hydrogen) atoms. The van der Waals surface area contributed by atoms with E-state index in [1.807, 2.05) is 48.5 Å². The first-order chi connectivity index (χ1) is 22.7. The zero-order valence-electron chi connectivity index (χ0n) is 24.9. The van der Waals surface area contributed by atoms with Crippen LogP contribution in [0.5, 0.6) is 5.75 Å². The number of fused-ring (bicyclic) bond motifs is 5. The molecule has 9 aromatic rings. The summed E-state index contributed by atoms with van der Waals surface area (Å²) >= 11 is 0. The molecule has 0 spiro atoms. The van der Waals surface area contributed by atoms with E-state index in [1.165, 1.54) is 21.9 Å². The molecule has 8 aromatic carbocycles. The molecule has 0 aliphatic rings. The maximum atomic E-state index is 11.2. The molecule has 2 nitrogen and oxygen atoms in total. The molecule has 9 rings (SSSR count). The zero-order chi connectivity index (χ0) is 30.6. The zero-order valence-corrected chi connectivity index (χ0v) is 24.9. The molecule has 1 heterocycles. The van der Waals surface area contributed by atoms with Crippen LogP contribution in [-0.2, 0) is 0 Å². The van der Waals surface area contributed by atoms with E-state index < -0.39 is 0 Å². The molecule has 0 amide bonds. The standard InChI is InChI=1S/C44H28O2/c45-40-26-32(20-22-33(40)29-13-5-2-6-14-29)44-37-17-9-7-15-35(37)43(36-16-8-10-18-38(36)44)31-21-24-41-39(25-31)34-23-19-30(27-42(34)46-41)28-11-3-1-4-12-28/h1-27,45H. The smallest absolute Gasteiger partial charge is 0.136 e. The lowest BCUT2D eigenvalue weighted by atomic mass is 9.85. The summed E-state index contributed by atoms with van der Waals surface area (Å²) < 4.78 is 6.39. The third kappa shape index (κ3) is 4.19. The number of benzene rings is 8. The van der Waals surface area contributed by atoms with Crippen LogP contribution in [0.2, 0.25) is 0 Å². The summed E-state index contributed by atoms with van der Waals surface area (Å²) in [5.41, 5.74) is 10.3. The van der Waals surface area contributed by atoms with Gasteiger partial charge in [0.2, 0.25) is 0 Å². The summed E-state index contributed by atoms with van der Waals surface area (Å²) in [6.07, 6.45) is 0. The second-order valence-corrected chi connectivity index (χ2v) is 11.8. The lowest BCUT2D eigenvalue weighted by molar-refractivity contribution is 0.477. The van der Waals surface area contributed by atoms with Gasteiger partial charge in [0.15, 0.2) is 0 Å². The van der Waals surface area contributed by atoms with Crippen molar-refractivity contribution in [3.8, 4) is 50.3 Å². The van der Waals surface area contributed by atoms with Gasteiger partial charge in [-0.2, -0.15) is 0 Å². The van der Waals surface area contributed by atoms with Crippen LogP contribution in [0.3, 0.4) is 0 Å². The summed E-state index contributed by atoms with van der Waals surface area (Å²) in [7, 11) is 0. The molecule has 0 radical (unpaired) electrons. The third-order valence-corrected chi connectivity index (χ3v) is 9.17. The maximum Gasteiger partial charge on any atom is 0.136 e. The molecular formula is C44H28O2. The molecule has 0 saturated carbocycles. The van der Waals surface area contributed by atoms with Crippen molar-refractivity contribution in [2.75, 3.05) is 0 Å². The molecule has 1 N–H and O–H groups in total. The van der Waals surface area contributed by atoms with Gasteiger partial charge in [0.25, 0.3) is 0 Å². The number of rotatable bonds is 4. The minimum absolute atomic E-state index is 0.272. The van der Waals surface area contributed by atoms with Gasteiger partial charge in [0, 0.05) is 16.3 Å². The molecule has 0 atom stereocenters. The Labute approximate surface area is 266 Å². The Balaban J connectivity index is 1.25. The summed E-state index contributed by atoms with van der Waals surface area (Å²) in [6, 6.07) is 56.8. The number of phenols is 1. The highest BCUT2D eigenvalue weighted by molar-refractivity contribution is 6.22. The Kier molecular flexibility index (Phi) is 6.00. The van der Waals surface area contributed by atoms with Gasteiger partial charge < -0.3 is 9.52 Å². The Morgan fingerprint density at radius 2 is 0.848 bits per heavy atom. The normalized spacial score (nSPS) is 11.6. The van der Waals surface area contributed by atoms with Crippen molar-refractivity contribution in [1.29, 1.82) is 0 Å². The topological polar surface area (TPSA) is 33.4 Å². The molecule has 2 heteroatoms. The second-order valence-electron chi connectivity index (χ2n) is 11.8. The number of hydrogen-bond acceptors (Lipinski definition) is 2. The fraction of sp³-hybridized carbons (Fsp3) is 0. The van der Waals surface area contributed by atoms with E-state index in [4.69, 9.17) is 4.42 Å². The van der Waals surface area contributed by atoms with Gasteiger partial charge in [-0.15, -0.1) is 0 Å². The highest BCUT2D eigenvalue weighted by atomic mass is 16.3. The maximum absolute atomic E-state index is 11.2. The fourth-order valence-electron chi connectivity index (χ4n) is 7.04. The quantitative estimate of drug-likeness (QED) is 0.208. The number of furan rings is 1. The van der Waals surface area contributed by atoms with E-state index in [-0.39, 0.29) is 5.75 Å². The highest BCUT2D eigenvalue weighted by Crippen LogP contribution is 2.46. The first-order valence-corrected chi connectivity index (χ1v) is 15.6. The largest absolute Gasteiger partial charge is 0.507 e. The van der Waals surface area contributed by atoms with E-state index in [0.29, 0.717) is 0 Å². The van der Waals surface area contributed by atoms with Crippen LogP contribution >= 0.6 is 0 Å². The molecule has 0 aliphatic heterocycles. The van der Waals surface area contributed by atoms with Gasteiger partial charge in [-0.3, -0.25) is 0 Å². The van der Waals surface area contributed by atoms with Crippen molar-refractivity contribution in [2.45, 2.75) is 0 Å². The average molecular weight is 589 g/mol. The van der Waals surface area contributed by atoms with Gasteiger partial charge in [-0.05, 0) is 90.8 Å². The summed E-state index contributed by atoms with van der Waals surface area (Å²) in [5, 5.41) is 18.1. The molecule has 0 fully saturated rings. The van der Waals surface area contributed by atoms with Crippen molar-refractivity contribution >= 4 is 43.5 Å². The molecule has 0 bridgehead atoms. The molecule has 0 aliphatic carbocycles. The monoisotopic (exact) mass is 588 g/mol. The van der Waals surface area contributed by atoms with E-state index in [2.05, 4.69) is 115 Å².